The number of hydrogen-bond acceptors (Lipinski definition) is 6. The van der Waals surface area contributed by atoms with Crippen LogP contribution in [0.5, 0.6) is 0 Å². The largest absolute Gasteiger partial charge is 0.462 e. The van der Waals surface area contributed by atoms with Crippen molar-refractivity contribution in [2.45, 2.75) is 341 Å². The minimum atomic E-state index is -0.833. The van der Waals surface area contributed by atoms with Gasteiger partial charge in [-0.3, -0.25) is 14.4 Å². The van der Waals surface area contributed by atoms with Gasteiger partial charge >= 0.3 is 17.9 Å². The summed E-state index contributed by atoms with van der Waals surface area (Å²) in [5, 5.41) is 0. The quantitative estimate of drug-likeness (QED) is 0.0261. The zero-order chi connectivity index (χ0) is 56.4. The summed E-state index contributed by atoms with van der Waals surface area (Å²) in [6.45, 7) is 6.44. The Balaban J connectivity index is 4.14. The molecule has 0 aliphatic rings. The molecule has 0 aromatic heterocycles. The highest BCUT2D eigenvalue weighted by Gasteiger charge is 2.19. The molecule has 1 atom stereocenters. The lowest BCUT2D eigenvalue weighted by molar-refractivity contribution is -0.166. The first-order valence-corrected chi connectivity index (χ1v) is 33.6. The number of hydrogen-bond donors (Lipinski definition) is 0. The summed E-state index contributed by atoms with van der Waals surface area (Å²) in [5.41, 5.74) is 0. The number of esters is 3. The molecular weight excluding hydrogens is 961 g/mol. The summed E-state index contributed by atoms with van der Waals surface area (Å²) >= 11 is 0. The second kappa shape index (κ2) is 66.1. The maximum atomic E-state index is 12.8. The monoisotopic (exact) mass is 1090 g/mol. The first-order valence-electron chi connectivity index (χ1n) is 33.6. The molecule has 0 aromatic carbocycles. The van der Waals surface area contributed by atoms with Crippen LogP contribution in [0.3, 0.4) is 0 Å². The highest BCUT2D eigenvalue weighted by atomic mass is 16.6. The van der Waals surface area contributed by atoms with E-state index in [1.165, 1.54) is 212 Å². The zero-order valence-electron chi connectivity index (χ0n) is 51.7. The molecule has 78 heavy (non-hydrogen) atoms. The van der Waals surface area contributed by atoms with Crippen molar-refractivity contribution in [2.24, 2.45) is 0 Å². The van der Waals surface area contributed by atoms with E-state index in [-0.39, 0.29) is 31.6 Å². The predicted octanol–water partition coefficient (Wildman–Crippen LogP) is 23.1. The van der Waals surface area contributed by atoms with Gasteiger partial charge in [0.15, 0.2) is 6.10 Å². The Labute approximate surface area is 484 Å². The number of carbonyl (C=O) groups is 3. The summed E-state index contributed by atoms with van der Waals surface area (Å²) in [4.78, 5) is 38.1. The Morgan fingerprint density at radius 1 is 0.282 bits per heavy atom. The van der Waals surface area contributed by atoms with E-state index in [9.17, 15) is 14.4 Å². The molecule has 0 bridgehead atoms. The minimum Gasteiger partial charge on any atom is -0.462 e. The second-order valence-corrected chi connectivity index (χ2v) is 22.4. The van der Waals surface area contributed by atoms with E-state index in [2.05, 4.69) is 93.7 Å². The molecule has 0 spiro atoms. The van der Waals surface area contributed by atoms with Crippen molar-refractivity contribution in [2.75, 3.05) is 13.2 Å². The van der Waals surface area contributed by atoms with E-state index >= 15 is 0 Å². The molecule has 0 saturated heterocycles. The average Bonchev–Trinajstić information content (AvgIpc) is 3.44. The van der Waals surface area contributed by atoms with E-state index in [0.717, 1.165) is 83.5 Å². The summed E-state index contributed by atoms with van der Waals surface area (Å²) in [5.74, 6) is -1.04. The van der Waals surface area contributed by atoms with E-state index < -0.39 is 12.1 Å². The van der Waals surface area contributed by atoms with Gasteiger partial charge < -0.3 is 14.2 Å². The van der Waals surface area contributed by atoms with Crippen LogP contribution in [0.15, 0.2) is 85.1 Å². The third kappa shape index (κ3) is 63.4. The molecule has 450 valence electrons. The summed E-state index contributed by atoms with van der Waals surface area (Å²) in [6, 6.07) is 0. The SMILES string of the molecule is CC/C=C\C/C=C\C/C=C\C/C=C\C/C=C\CC(=O)OC(COC(=O)CCCCCCC/C=C\CCCCC)COC(=O)CCCCCCCCCCCCCCCCCCCCCCC/C=C\CCCCCCCCCC. The molecule has 6 heteroatoms. The van der Waals surface area contributed by atoms with Crippen molar-refractivity contribution < 1.29 is 28.6 Å². The average molecular weight is 1090 g/mol. The molecule has 0 rings (SSSR count). The van der Waals surface area contributed by atoms with Crippen molar-refractivity contribution >= 4 is 17.9 Å². The molecule has 0 radical (unpaired) electrons. The minimum absolute atomic E-state index is 0.0965. The van der Waals surface area contributed by atoms with Gasteiger partial charge in [-0.05, 0) is 96.3 Å². The van der Waals surface area contributed by atoms with Crippen LogP contribution in [0.2, 0.25) is 0 Å². The van der Waals surface area contributed by atoms with Crippen LogP contribution < -0.4 is 0 Å². The fourth-order valence-electron chi connectivity index (χ4n) is 9.63. The zero-order valence-corrected chi connectivity index (χ0v) is 51.7. The van der Waals surface area contributed by atoms with Crippen molar-refractivity contribution in [3.05, 3.63) is 85.1 Å². The first kappa shape index (κ1) is 74.6. The molecule has 0 heterocycles. The number of rotatable bonds is 61. The first-order chi connectivity index (χ1) is 38.5. The highest BCUT2D eigenvalue weighted by molar-refractivity contribution is 5.72. The lowest BCUT2D eigenvalue weighted by Crippen LogP contribution is -2.30. The van der Waals surface area contributed by atoms with Crippen molar-refractivity contribution in [3.63, 3.8) is 0 Å². The molecule has 6 nitrogen and oxygen atoms in total. The molecule has 0 aliphatic carbocycles. The van der Waals surface area contributed by atoms with E-state index in [4.69, 9.17) is 14.2 Å². The van der Waals surface area contributed by atoms with Gasteiger partial charge in [0.25, 0.3) is 0 Å². The van der Waals surface area contributed by atoms with Crippen LogP contribution in [-0.4, -0.2) is 37.2 Å². The van der Waals surface area contributed by atoms with Gasteiger partial charge in [-0.25, -0.2) is 0 Å². The lowest BCUT2D eigenvalue weighted by Gasteiger charge is -2.18. The predicted molar refractivity (Wildman–Crippen MR) is 339 cm³/mol. The molecule has 1 unspecified atom stereocenters. The fourth-order valence-corrected chi connectivity index (χ4v) is 9.63. The van der Waals surface area contributed by atoms with Gasteiger partial charge in [0.05, 0.1) is 6.42 Å². The molecular formula is C72H126O6. The molecule has 0 saturated carbocycles. The van der Waals surface area contributed by atoms with E-state index in [0.29, 0.717) is 12.8 Å². The Kier molecular flexibility index (Phi) is 63.2. The van der Waals surface area contributed by atoms with Crippen LogP contribution in [0.25, 0.3) is 0 Å². The van der Waals surface area contributed by atoms with Crippen LogP contribution in [-0.2, 0) is 28.6 Å². The van der Waals surface area contributed by atoms with Crippen LogP contribution in [0.1, 0.15) is 335 Å². The van der Waals surface area contributed by atoms with Gasteiger partial charge in [-0.15, -0.1) is 0 Å². The second-order valence-electron chi connectivity index (χ2n) is 22.4. The smallest absolute Gasteiger partial charge is 0.310 e. The lowest BCUT2D eigenvalue weighted by atomic mass is 10.0. The summed E-state index contributed by atoms with van der Waals surface area (Å²) in [6.07, 6.45) is 88.0. The van der Waals surface area contributed by atoms with Crippen molar-refractivity contribution in [3.8, 4) is 0 Å². The number of ether oxygens (including phenoxy) is 3. The van der Waals surface area contributed by atoms with Crippen molar-refractivity contribution in [1.29, 1.82) is 0 Å². The molecule has 0 amide bonds. The highest BCUT2D eigenvalue weighted by Crippen LogP contribution is 2.17. The van der Waals surface area contributed by atoms with Gasteiger partial charge in [0.2, 0.25) is 0 Å². The standard InChI is InChI=1S/C72H126O6/c1-4-7-10-13-16-19-22-25-27-28-29-30-31-32-33-34-35-36-37-38-39-40-41-42-43-44-46-47-50-53-56-59-62-65-71(74)77-68-69(67-76-70(73)64-61-58-55-52-49-24-21-18-15-12-9-6-3)78-72(75)66-63-60-57-54-51-48-45-26-23-20-17-14-11-8-5-2/h8,11,17-18,20-21,26,28-29,45,51,54,60,63,69H,4-7,9-10,12-16,19,22-25,27,30-44,46-50,52-53,55-59,61-62,64-68H2,1-3H3/b11-8-,20-17-,21-18-,29-28-,45-26-,54-51-,63-60-. The van der Waals surface area contributed by atoms with Crippen LogP contribution in [0, 0.1) is 0 Å². The summed E-state index contributed by atoms with van der Waals surface area (Å²) in [7, 11) is 0. The van der Waals surface area contributed by atoms with Gasteiger partial charge in [-0.1, -0.05) is 305 Å². The van der Waals surface area contributed by atoms with Crippen LogP contribution >= 0.6 is 0 Å². The topological polar surface area (TPSA) is 78.9 Å². The Morgan fingerprint density at radius 3 is 0.859 bits per heavy atom. The van der Waals surface area contributed by atoms with Crippen molar-refractivity contribution in [1.82, 2.24) is 0 Å². The summed E-state index contributed by atoms with van der Waals surface area (Å²) < 4.78 is 16.8. The van der Waals surface area contributed by atoms with Crippen LogP contribution in [0.4, 0.5) is 0 Å². The number of allylic oxidation sites excluding steroid dienone is 13. The maximum absolute atomic E-state index is 12.8. The molecule has 0 aromatic rings. The Morgan fingerprint density at radius 2 is 0.538 bits per heavy atom. The normalized spacial score (nSPS) is 12.6. The number of carbonyl (C=O) groups excluding carboxylic acids is 3. The molecule has 0 fully saturated rings. The van der Waals surface area contributed by atoms with Gasteiger partial charge in [-0.2, -0.15) is 0 Å². The third-order valence-electron chi connectivity index (χ3n) is 14.6. The molecule has 0 aliphatic heterocycles. The molecule has 0 N–H and O–H groups in total. The van der Waals surface area contributed by atoms with Gasteiger partial charge in [0, 0.05) is 12.8 Å². The Bertz CT molecular complexity index is 1480. The fraction of sp³-hybridized carbons (Fsp3) is 0.764. The number of unbranched alkanes of at least 4 members (excludes halogenated alkanes) is 37. The maximum Gasteiger partial charge on any atom is 0.310 e. The third-order valence-corrected chi connectivity index (χ3v) is 14.6. The van der Waals surface area contributed by atoms with E-state index in [1.807, 2.05) is 6.08 Å². The van der Waals surface area contributed by atoms with Gasteiger partial charge in [0.1, 0.15) is 13.2 Å². The van der Waals surface area contributed by atoms with E-state index in [1.54, 1.807) is 6.08 Å². The Hall–Kier alpha value is -3.41.